The van der Waals surface area contributed by atoms with Crippen LogP contribution in [0.3, 0.4) is 0 Å². The van der Waals surface area contributed by atoms with E-state index >= 15 is 0 Å². The summed E-state index contributed by atoms with van der Waals surface area (Å²) in [5.41, 5.74) is 2.48. The maximum Gasteiger partial charge on any atom is 0.0642 e. The lowest BCUT2D eigenvalue weighted by atomic mass is 9.92. The van der Waals surface area contributed by atoms with Gasteiger partial charge in [-0.25, -0.2) is 0 Å². The lowest BCUT2D eigenvalue weighted by Crippen LogP contribution is -2.36. The number of rotatable bonds is 1. The Hall–Kier alpha value is -1.13. The molecule has 0 saturated carbocycles. The fraction of sp³-hybridized carbons (Fsp3) is 0.688. The van der Waals surface area contributed by atoms with Crippen molar-refractivity contribution in [2.24, 2.45) is 0 Å². The average molecular weight is 279 g/mol. The molecule has 0 amide bonds. The summed E-state index contributed by atoms with van der Waals surface area (Å²) in [6, 6.07) is 4.30. The molecule has 1 aliphatic heterocycles. The lowest BCUT2D eigenvalue weighted by molar-refractivity contribution is 0.122. The van der Waals surface area contributed by atoms with Crippen LogP contribution in [0.25, 0.3) is 0 Å². The van der Waals surface area contributed by atoms with Gasteiger partial charge in [-0.05, 0) is 33.3 Å². The summed E-state index contributed by atoms with van der Waals surface area (Å²) in [7, 11) is 6.00. The number of hydrogen-bond donors (Lipinski definition) is 0. The molecule has 1 saturated heterocycles. The Morgan fingerprint density at radius 3 is 2.05 bits per heavy atom. The van der Waals surface area contributed by atoms with Crippen molar-refractivity contribution in [1.82, 2.24) is 9.88 Å². The Morgan fingerprint density at radius 2 is 1.65 bits per heavy atom. The van der Waals surface area contributed by atoms with E-state index in [9.17, 15) is 0 Å². The van der Waals surface area contributed by atoms with Crippen LogP contribution in [0, 0.1) is 0 Å². The van der Waals surface area contributed by atoms with E-state index in [4.69, 9.17) is 4.74 Å². The summed E-state index contributed by atoms with van der Waals surface area (Å²) >= 11 is 0. The third-order valence-electron chi connectivity index (χ3n) is 2.89. The molecule has 0 aliphatic carbocycles. The highest BCUT2D eigenvalue weighted by Gasteiger charge is 2.16. The van der Waals surface area contributed by atoms with E-state index < -0.39 is 0 Å². The minimum Gasteiger partial charge on any atom is -0.378 e. The standard InChI is InChI=1S/C13H20N2O.C3H9N/c1-13(2,3)12-5-4-11(10-14-12)15-6-8-16-9-7-15;1-4(2)3/h4-5,10H,6-9H2,1-3H3;1-3H3. The summed E-state index contributed by atoms with van der Waals surface area (Å²) in [5, 5.41) is 0. The van der Waals surface area contributed by atoms with Gasteiger partial charge in [-0.15, -0.1) is 0 Å². The van der Waals surface area contributed by atoms with Gasteiger partial charge in [0.25, 0.3) is 0 Å². The van der Waals surface area contributed by atoms with Crippen LogP contribution >= 0.6 is 0 Å². The normalized spacial score (nSPS) is 15.8. The second-order valence-corrected chi connectivity index (χ2v) is 6.59. The van der Waals surface area contributed by atoms with Gasteiger partial charge in [0.1, 0.15) is 0 Å². The zero-order valence-corrected chi connectivity index (χ0v) is 13.8. The maximum atomic E-state index is 5.34. The Bertz CT molecular complexity index is 373. The molecule has 20 heavy (non-hydrogen) atoms. The van der Waals surface area contributed by atoms with Gasteiger partial charge in [0.15, 0.2) is 0 Å². The molecule has 0 unspecified atom stereocenters. The number of nitrogens with zero attached hydrogens (tertiary/aromatic N) is 3. The van der Waals surface area contributed by atoms with Crippen LogP contribution in [0.4, 0.5) is 5.69 Å². The van der Waals surface area contributed by atoms with Crippen molar-refractivity contribution in [2.75, 3.05) is 52.3 Å². The molecule has 4 heteroatoms. The van der Waals surface area contributed by atoms with Gasteiger partial charge in [-0.2, -0.15) is 0 Å². The minimum absolute atomic E-state index is 0.129. The third kappa shape index (κ3) is 5.88. The van der Waals surface area contributed by atoms with Gasteiger partial charge in [-0.3, -0.25) is 4.98 Å². The lowest BCUT2D eigenvalue weighted by Gasteiger charge is -2.29. The first-order valence-electron chi connectivity index (χ1n) is 7.21. The molecule has 0 bridgehead atoms. The molecule has 1 aromatic rings. The van der Waals surface area contributed by atoms with Crippen molar-refractivity contribution < 1.29 is 4.74 Å². The van der Waals surface area contributed by atoms with E-state index in [0.717, 1.165) is 32.0 Å². The van der Waals surface area contributed by atoms with Crippen LogP contribution in [0.5, 0.6) is 0 Å². The Labute approximate surface area is 123 Å². The summed E-state index contributed by atoms with van der Waals surface area (Å²) in [5.74, 6) is 0. The number of aromatic nitrogens is 1. The van der Waals surface area contributed by atoms with Crippen molar-refractivity contribution in [3.63, 3.8) is 0 Å². The second-order valence-electron chi connectivity index (χ2n) is 6.59. The largest absolute Gasteiger partial charge is 0.378 e. The molecule has 2 heterocycles. The fourth-order valence-corrected chi connectivity index (χ4v) is 1.84. The molecule has 0 atom stereocenters. The Kier molecular flexibility index (Phi) is 6.43. The smallest absolute Gasteiger partial charge is 0.0642 e. The molecular formula is C16H29N3O. The first-order chi connectivity index (χ1) is 9.30. The van der Waals surface area contributed by atoms with Gasteiger partial charge < -0.3 is 14.5 Å². The molecule has 114 valence electrons. The zero-order valence-electron chi connectivity index (χ0n) is 13.8. The topological polar surface area (TPSA) is 28.6 Å². The second kappa shape index (κ2) is 7.60. The van der Waals surface area contributed by atoms with Gasteiger partial charge in [0.05, 0.1) is 25.1 Å². The molecule has 0 aromatic carbocycles. The Balaban J connectivity index is 0.000000444. The van der Waals surface area contributed by atoms with E-state index in [0.29, 0.717) is 0 Å². The van der Waals surface area contributed by atoms with Gasteiger partial charge in [-0.1, -0.05) is 20.8 Å². The van der Waals surface area contributed by atoms with E-state index in [-0.39, 0.29) is 5.41 Å². The van der Waals surface area contributed by atoms with Gasteiger partial charge in [0, 0.05) is 24.2 Å². The molecule has 1 fully saturated rings. The van der Waals surface area contributed by atoms with Gasteiger partial charge >= 0.3 is 0 Å². The molecule has 2 rings (SSSR count). The number of pyridine rings is 1. The molecule has 1 aromatic heterocycles. The Morgan fingerprint density at radius 1 is 1.10 bits per heavy atom. The number of anilines is 1. The predicted octanol–water partition coefficient (Wildman–Crippen LogP) is 2.39. The quantitative estimate of drug-likeness (QED) is 0.789. The molecule has 0 spiro atoms. The summed E-state index contributed by atoms with van der Waals surface area (Å²) in [6.07, 6.45) is 1.98. The van der Waals surface area contributed by atoms with Crippen molar-refractivity contribution in [3.05, 3.63) is 24.0 Å². The summed E-state index contributed by atoms with van der Waals surface area (Å²) < 4.78 is 5.34. The summed E-state index contributed by atoms with van der Waals surface area (Å²) in [4.78, 5) is 8.87. The van der Waals surface area contributed by atoms with E-state index in [1.807, 2.05) is 32.2 Å². The minimum atomic E-state index is 0.129. The van der Waals surface area contributed by atoms with Crippen LogP contribution < -0.4 is 4.90 Å². The van der Waals surface area contributed by atoms with Crippen molar-refractivity contribution in [1.29, 1.82) is 0 Å². The average Bonchev–Trinajstić information content (AvgIpc) is 2.38. The number of morpholine rings is 1. The first kappa shape index (κ1) is 16.9. The molecule has 0 N–H and O–H groups in total. The van der Waals surface area contributed by atoms with Gasteiger partial charge in [0.2, 0.25) is 0 Å². The van der Waals surface area contributed by atoms with Crippen LogP contribution in [-0.2, 0) is 10.2 Å². The number of ether oxygens (including phenoxy) is 1. The van der Waals surface area contributed by atoms with Crippen LogP contribution in [0.2, 0.25) is 0 Å². The van der Waals surface area contributed by atoms with E-state index in [2.05, 4.69) is 42.8 Å². The fourth-order valence-electron chi connectivity index (χ4n) is 1.84. The van der Waals surface area contributed by atoms with Crippen molar-refractivity contribution >= 4 is 5.69 Å². The first-order valence-corrected chi connectivity index (χ1v) is 7.21. The van der Waals surface area contributed by atoms with Crippen LogP contribution in [-0.4, -0.2) is 57.3 Å². The van der Waals surface area contributed by atoms with E-state index in [1.54, 1.807) is 0 Å². The molecule has 4 nitrogen and oxygen atoms in total. The third-order valence-corrected chi connectivity index (χ3v) is 2.89. The van der Waals surface area contributed by atoms with Crippen molar-refractivity contribution in [3.8, 4) is 0 Å². The maximum absolute atomic E-state index is 5.34. The monoisotopic (exact) mass is 279 g/mol. The molecule has 1 aliphatic rings. The highest BCUT2D eigenvalue weighted by molar-refractivity contribution is 5.45. The van der Waals surface area contributed by atoms with Crippen LogP contribution in [0.1, 0.15) is 26.5 Å². The predicted molar refractivity (Wildman–Crippen MR) is 85.6 cm³/mol. The van der Waals surface area contributed by atoms with E-state index in [1.165, 1.54) is 5.69 Å². The zero-order chi connectivity index (χ0) is 15.2. The highest BCUT2D eigenvalue weighted by atomic mass is 16.5. The summed E-state index contributed by atoms with van der Waals surface area (Å²) in [6.45, 7) is 10.1. The highest BCUT2D eigenvalue weighted by Crippen LogP contribution is 2.22. The van der Waals surface area contributed by atoms with Crippen molar-refractivity contribution in [2.45, 2.75) is 26.2 Å². The number of hydrogen-bond acceptors (Lipinski definition) is 4. The SMILES string of the molecule is CC(C)(C)c1ccc(N2CCOCC2)cn1.CN(C)C. The van der Waals surface area contributed by atoms with Crippen LogP contribution in [0.15, 0.2) is 18.3 Å². The molecular weight excluding hydrogens is 250 g/mol. The molecule has 0 radical (unpaired) electrons.